The van der Waals surface area contributed by atoms with Gasteiger partial charge >= 0.3 is 0 Å². The lowest BCUT2D eigenvalue weighted by Gasteiger charge is -2.27. The molecule has 4 rings (SSSR count). The molecule has 0 radical (unpaired) electrons. The van der Waals surface area contributed by atoms with Crippen LogP contribution in [0.2, 0.25) is 0 Å². The van der Waals surface area contributed by atoms with E-state index in [0.29, 0.717) is 18.1 Å². The predicted molar refractivity (Wildman–Crippen MR) is 75.6 cm³/mol. The Kier molecular flexibility index (Phi) is 2.32. The maximum atomic E-state index is 12.6. The SMILES string of the molecule is O=C1c2cc3cccnc3n2CCN1c1ccccn1. The predicted octanol–water partition coefficient (Wildman–Crippen LogP) is 2.09. The van der Waals surface area contributed by atoms with Crippen molar-refractivity contribution in [2.75, 3.05) is 11.4 Å². The number of nitrogens with zero attached hydrogens (tertiary/aromatic N) is 4. The molecule has 20 heavy (non-hydrogen) atoms. The van der Waals surface area contributed by atoms with Crippen molar-refractivity contribution in [2.24, 2.45) is 0 Å². The molecule has 0 fully saturated rings. The molecule has 0 aliphatic carbocycles. The molecule has 1 amide bonds. The van der Waals surface area contributed by atoms with Crippen LogP contribution < -0.4 is 4.90 Å². The fourth-order valence-corrected chi connectivity index (χ4v) is 2.66. The van der Waals surface area contributed by atoms with Crippen molar-refractivity contribution in [3.05, 3.63) is 54.5 Å². The van der Waals surface area contributed by atoms with Gasteiger partial charge in [0.15, 0.2) is 0 Å². The van der Waals surface area contributed by atoms with E-state index in [-0.39, 0.29) is 5.91 Å². The molecule has 3 aromatic rings. The van der Waals surface area contributed by atoms with Crippen molar-refractivity contribution in [3.8, 4) is 0 Å². The van der Waals surface area contributed by atoms with E-state index in [1.807, 2.05) is 41.0 Å². The van der Waals surface area contributed by atoms with Crippen molar-refractivity contribution < 1.29 is 4.79 Å². The lowest BCUT2D eigenvalue weighted by atomic mass is 10.2. The Bertz CT molecular complexity index is 794. The highest BCUT2D eigenvalue weighted by Crippen LogP contribution is 2.24. The summed E-state index contributed by atoms with van der Waals surface area (Å²) in [5, 5.41) is 0.999. The van der Waals surface area contributed by atoms with E-state index in [9.17, 15) is 4.79 Å². The second kappa shape index (κ2) is 4.16. The fraction of sp³-hybridized carbons (Fsp3) is 0.133. The van der Waals surface area contributed by atoms with Crippen LogP contribution in [0.1, 0.15) is 10.5 Å². The zero-order chi connectivity index (χ0) is 13.5. The molecule has 0 spiro atoms. The topological polar surface area (TPSA) is 51.0 Å². The van der Waals surface area contributed by atoms with Gasteiger partial charge in [-0.05, 0) is 30.3 Å². The second-order valence-electron chi connectivity index (χ2n) is 4.74. The molecule has 98 valence electrons. The zero-order valence-electron chi connectivity index (χ0n) is 10.7. The molecular formula is C15H12N4O. The third-order valence-electron chi connectivity index (χ3n) is 3.59. The van der Waals surface area contributed by atoms with Gasteiger partial charge in [-0.25, -0.2) is 9.97 Å². The molecule has 5 heteroatoms. The first kappa shape index (κ1) is 11.2. The Morgan fingerprint density at radius 3 is 2.75 bits per heavy atom. The summed E-state index contributed by atoms with van der Waals surface area (Å²) in [6.45, 7) is 1.35. The molecule has 0 aromatic carbocycles. The number of aromatic nitrogens is 3. The smallest absolute Gasteiger partial charge is 0.276 e. The van der Waals surface area contributed by atoms with Crippen LogP contribution in [0.25, 0.3) is 11.0 Å². The molecule has 1 aliphatic heterocycles. The summed E-state index contributed by atoms with van der Waals surface area (Å²) in [6, 6.07) is 11.4. The summed E-state index contributed by atoms with van der Waals surface area (Å²) < 4.78 is 1.98. The van der Waals surface area contributed by atoms with Crippen LogP contribution in [-0.4, -0.2) is 27.0 Å². The number of pyridine rings is 2. The Labute approximate surface area is 115 Å². The van der Waals surface area contributed by atoms with Crippen molar-refractivity contribution >= 4 is 22.8 Å². The van der Waals surface area contributed by atoms with Gasteiger partial charge < -0.3 is 4.57 Å². The van der Waals surface area contributed by atoms with Crippen LogP contribution in [0, 0.1) is 0 Å². The van der Waals surface area contributed by atoms with Gasteiger partial charge in [0.2, 0.25) is 0 Å². The third kappa shape index (κ3) is 1.53. The number of hydrogen-bond acceptors (Lipinski definition) is 3. The Hall–Kier alpha value is -2.69. The van der Waals surface area contributed by atoms with Crippen molar-refractivity contribution in [2.45, 2.75) is 6.54 Å². The van der Waals surface area contributed by atoms with E-state index < -0.39 is 0 Å². The van der Waals surface area contributed by atoms with Gasteiger partial charge in [-0.2, -0.15) is 0 Å². The molecule has 0 bridgehead atoms. The lowest BCUT2D eigenvalue weighted by Crippen LogP contribution is -2.40. The Balaban J connectivity index is 1.83. The minimum Gasteiger partial charge on any atom is -0.319 e. The van der Waals surface area contributed by atoms with Crippen LogP contribution in [-0.2, 0) is 6.54 Å². The first-order valence-electron chi connectivity index (χ1n) is 6.52. The molecule has 0 saturated carbocycles. The highest BCUT2D eigenvalue weighted by atomic mass is 16.2. The number of carbonyl (C=O) groups excluding carboxylic acids is 1. The number of rotatable bonds is 1. The average Bonchev–Trinajstić information content (AvgIpc) is 2.88. The first-order valence-corrected chi connectivity index (χ1v) is 6.52. The van der Waals surface area contributed by atoms with Crippen LogP contribution in [0.3, 0.4) is 0 Å². The molecule has 3 aromatic heterocycles. The van der Waals surface area contributed by atoms with Crippen LogP contribution in [0.15, 0.2) is 48.8 Å². The Morgan fingerprint density at radius 2 is 1.90 bits per heavy atom. The van der Waals surface area contributed by atoms with E-state index in [2.05, 4.69) is 9.97 Å². The monoisotopic (exact) mass is 264 g/mol. The normalized spacial score (nSPS) is 14.6. The Morgan fingerprint density at radius 1 is 1.00 bits per heavy atom. The highest BCUT2D eigenvalue weighted by Gasteiger charge is 2.28. The molecule has 0 N–H and O–H groups in total. The van der Waals surface area contributed by atoms with Gasteiger partial charge in [0, 0.05) is 30.9 Å². The average molecular weight is 264 g/mol. The number of carbonyl (C=O) groups is 1. The van der Waals surface area contributed by atoms with E-state index in [1.165, 1.54) is 0 Å². The van der Waals surface area contributed by atoms with Gasteiger partial charge in [0.25, 0.3) is 5.91 Å². The summed E-state index contributed by atoms with van der Waals surface area (Å²) in [4.78, 5) is 23.0. The van der Waals surface area contributed by atoms with Crippen LogP contribution >= 0.6 is 0 Å². The van der Waals surface area contributed by atoms with E-state index >= 15 is 0 Å². The van der Waals surface area contributed by atoms with Gasteiger partial charge in [-0.15, -0.1) is 0 Å². The summed E-state index contributed by atoms with van der Waals surface area (Å²) in [6.07, 6.45) is 3.46. The molecule has 0 atom stereocenters. The van der Waals surface area contributed by atoms with E-state index in [1.54, 1.807) is 17.3 Å². The van der Waals surface area contributed by atoms with Gasteiger partial charge in [0.05, 0.1) is 0 Å². The van der Waals surface area contributed by atoms with E-state index in [4.69, 9.17) is 0 Å². The largest absolute Gasteiger partial charge is 0.319 e. The summed E-state index contributed by atoms with van der Waals surface area (Å²) >= 11 is 0. The summed E-state index contributed by atoms with van der Waals surface area (Å²) in [7, 11) is 0. The van der Waals surface area contributed by atoms with Crippen LogP contribution in [0.4, 0.5) is 5.82 Å². The summed E-state index contributed by atoms with van der Waals surface area (Å²) in [5.74, 6) is 0.676. The summed E-state index contributed by atoms with van der Waals surface area (Å²) in [5.41, 5.74) is 1.55. The minimum absolute atomic E-state index is 0.0204. The second-order valence-corrected chi connectivity index (χ2v) is 4.74. The van der Waals surface area contributed by atoms with Crippen molar-refractivity contribution in [1.82, 2.24) is 14.5 Å². The van der Waals surface area contributed by atoms with Gasteiger partial charge in [-0.1, -0.05) is 6.07 Å². The molecular weight excluding hydrogens is 252 g/mol. The third-order valence-corrected chi connectivity index (χ3v) is 3.59. The van der Waals surface area contributed by atoms with Crippen molar-refractivity contribution in [3.63, 3.8) is 0 Å². The number of amides is 1. The number of anilines is 1. The molecule has 4 heterocycles. The number of fused-ring (bicyclic) bond motifs is 3. The lowest BCUT2D eigenvalue weighted by molar-refractivity contribution is 0.0965. The molecule has 5 nitrogen and oxygen atoms in total. The maximum absolute atomic E-state index is 12.6. The zero-order valence-corrected chi connectivity index (χ0v) is 10.7. The van der Waals surface area contributed by atoms with Gasteiger partial charge in [-0.3, -0.25) is 9.69 Å². The molecule has 0 unspecified atom stereocenters. The molecule has 0 saturated heterocycles. The minimum atomic E-state index is -0.0204. The quantitative estimate of drug-likeness (QED) is 0.676. The fourth-order valence-electron chi connectivity index (χ4n) is 2.66. The first-order chi connectivity index (χ1) is 9.84. The van der Waals surface area contributed by atoms with E-state index in [0.717, 1.165) is 17.6 Å². The standard InChI is InChI=1S/C15H12N4O/c20-15-12-10-11-4-3-7-17-14(11)18(12)8-9-19(15)13-5-1-2-6-16-13/h1-7,10H,8-9H2. The molecule has 1 aliphatic rings. The van der Waals surface area contributed by atoms with Crippen LogP contribution in [0.5, 0.6) is 0 Å². The van der Waals surface area contributed by atoms with Crippen molar-refractivity contribution in [1.29, 1.82) is 0 Å². The maximum Gasteiger partial charge on any atom is 0.276 e. The van der Waals surface area contributed by atoms with Gasteiger partial charge in [0.1, 0.15) is 17.2 Å². The highest BCUT2D eigenvalue weighted by molar-refractivity contribution is 6.07. The number of hydrogen-bond donors (Lipinski definition) is 0.